The maximum absolute atomic E-state index is 4.49. The smallest absolute Gasteiger partial charge is 0.193 e. The summed E-state index contributed by atoms with van der Waals surface area (Å²) in [4.78, 5) is 9.64. The third-order valence-corrected chi connectivity index (χ3v) is 5.29. The van der Waals surface area contributed by atoms with E-state index in [0.717, 1.165) is 24.3 Å². The molecule has 3 aliphatic rings. The van der Waals surface area contributed by atoms with E-state index < -0.39 is 0 Å². The van der Waals surface area contributed by atoms with Crippen LogP contribution in [0.15, 0.2) is 4.99 Å². The standard InChI is InChI=1S/C17H32N4.HI/c1-18-17(19-9-7-15-5-6-15)21-12-8-16(14-21)13-20-10-3-2-4-11-20;/h15-16H,2-14H2,1H3,(H,18,19);1H. The Kier molecular flexibility index (Phi) is 7.74. The van der Waals surface area contributed by atoms with Crippen molar-refractivity contribution < 1.29 is 0 Å². The van der Waals surface area contributed by atoms with Crippen LogP contribution in [0.2, 0.25) is 0 Å². The predicted octanol–water partition coefficient (Wildman–Crippen LogP) is 2.79. The van der Waals surface area contributed by atoms with E-state index in [0.29, 0.717) is 0 Å². The number of hydrogen-bond acceptors (Lipinski definition) is 2. The number of rotatable bonds is 5. The first-order valence-electron chi connectivity index (χ1n) is 9.03. The highest BCUT2D eigenvalue weighted by Crippen LogP contribution is 2.31. The zero-order chi connectivity index (χ0) is 14.5. The minimum Gasteiger partial charge on any atom is -0.356 e. The molecule has 22 heavy (non-hydrogen) atoms. The minimum absolute atomic E-state index is 0. The molecule has 0 aromatic heterocycles. The van der Waals surface area contributed by atoms with Crippen molar-refractivity contribution >= 4 is 29.9 Å². The third kappa shape index (κ3) is 5.55. The number of aliphatic imine (C=N–C) groups is 1. The molecule has 0 spiro atoms. The van der Waals surface area contributed by atoms with Gasteiger partial charge in [0.2, 0.25) is 0 Å². The molecule has 1 aliphatic carbocycles. The van der Waals surface area contributed by atoms with Gasteiger partial charge in [0.15, 0.2) is 5.96 Å². The van der Waals surface area contributed by atoms with Gasteiger partial charge in [-0.05, 0) is 50.6 Å². The van der Waals surface area contributed by atoms with E-state index in [4.69, 9.17) is 0 Å². The maximum atomic E-state index is 4.49. The summed E-state index contributed by atoms with van der Waals surface area (Å²) in [6.07, 6.45) is 9.79. The van der Waals surface area contributed by atoms with Crippen molar-refractivity contribution in [1.82, 2.24) is 15.1 Å². The fourth-order valence-corrected chi connectivity index (χ4v) is 3.81. The number of guanidine groups is 1. The molecule has 2 heterocycles. The molecule has 0 amide bonds. The predicted molar refractivity (Wildman–Crippen MR) is 104 cm³/mol. The van der Waals surface area contributed by atoms with Crippen molar-refractivity contribution in [2.75, 3.05) is 46.3 Å². The maximum Gasteiger partial charge on any atom is 0.193 e. The molecule has 2 saturated heterocycles. The van der Waals surface area contributed by atoms with Crippen LogP contribution in [-0.2, 0) is 0 Å². The van der Waals surface area contributed by atoms with Crippen LogP contribution in [-0.4, -0.2) is 62.1 Å². The monoisotopic (exact) mass is 420 g/mol. The van der Waals surface area contributed by atoms with Crippen LogP contribution in [0, 0.1) is 11.8 Å². The molecule has 1 atom stereocenters. The van der Waals surface area contributed by atoms with Gasteiger partial charge < -0.3 is 15.1 Å². The van der Waals surface area contributed by atoms with Crippen molar-refractivity contribution in [3.8, 4) is 0 Å². The molecule has 3 fully saturated rings. The first-order valence-corrected chi connectivity index (χ1v) is 9.03. The second kappa shape index (κ2) is 9.30. The molecule has 0 radical (unpaired) electrons. The normalized spacial score (nSPS) is 26.9. The molecule has 5 heteroatoms. The van der Waals surface area contributed by atoms with Gasteiger partial charge in [-0.2, -0.15) is 0 Å². The van der Waals surface area contributed by atoms with E-state index in [2.05, 4.69) is 20.1 Å². The largest absolute Gasteiger partial charge is 0.356 e. The van der Waals surface area contributed by atoms with E-state index >= 15 is 0 Å². The highest BCUT2D eigenvalue weighted by Gasteiger charge is 2.27. The molecular formula is C17H33IN4. The van der Waals surface area contributed by atoms with E-state index in [-0.39, 0.29) is 24.0 Å². The Bertz CT molecular complexity index is 351. The first-order chi connectivity index (χ1) is 10.3. The van der Waals surface area contributed by atoms with Crippen molar-refractivity contribution in [3.63, 3.8) is 0 Å². The zero-order valence-electron chi connectivity index (χ0n) is 14.1. The third-order valence-electron chi connectivity index (χ3n) is 5.29. The van der Waals surface area contributed by atoms with Gasteiger partial charge in [-0.1, -0.05) is 19.3 Å². The summed E-state index contributed by atoms with van der Waals surface area (Å²) in [6, 6.07) is 0. The molecule has 4 nitrogen and oxygen atoms in total. The van der Waals surface area contributed by atoms with Crippen LogP contribution >= 0.6 is 24.0 Å². The molecule has 2 aliphatic heterocycles. The summed E-state index contributed by atoms with van der Waals surface area (Å²) < 4.78 is 0. The molecule has 1 saturated carbocycles. The van der Waals surface area contributed by atoms with E-state index in [1.54, 1.807) is 0 Å². The summed E-state index contributed by atoms with van der Waals surface area (Å²) in [6.45, 7) is 7.43. The number of hydrogen-bond donors (Lipinski definition) is 1. The van der Waals surface area contributed by atoms with Crippen molar-refractivity contribution in [3.05, 3.63) is 0 Å². The lowest BCUT2D eigenvalue weighted by Crippen LogP contribution is -2.41. The summed E-state index contributed by atoms with van der Waals surface area (Å²) in [5, 5.41) is 3.57. The quantitative estimate of drug-likeness (QED) is 0.422. The number of nitrogens with zero attached hydrogens (tertiary/aromatic N) is 3. The van der Waals surface area contributed by atoms with Gasteiger partial charge in [0.1, 0.15) is 0 Å². The van der Waals surface area contributed by atoms with Gasteiger partial charge >= 0.3 is 0 Å². The highest BCUT2D eigenvalue weighted by molar-refractivity contribution is 14.0. The summed E-state index contributed by atoms with van der Waals surface area (Å²) >= 11 is 0. The molecular weight excluding hydrogens is 387 g/mol. The molecule has 3 rings (SSSR count). The number of likely N-dealkylation sites (tertiary alicyclic amines) is 2. The van der Waals surface area contributed by atoms with Gasteiger partial charge in [-0.3, -0.25) is 4.99 Å². The molecule has 1 N–H and O–H groups in total. The fraction of sp³-hybridized carbons (Fsp3) is 0.941. The molecule has 128 valence electrons. The average Bonchev–Trinajstić information content (AvgIpc) is 3.23. The van der Waals surface area contributed by atoms with Gasteiger partial charge in [0, 0.05) is 33.2 Å². The zero-order valence-corrected chi connectivity index (χ0v) is 16.4. The number of nitrogens with one attached hydrogen (secondary N) is 1. The van der Waals surface area contributed by atoms with Crippen molar-refractivity contribution in [2.24, 2.45) is 16.8 Å². The molecule has 0 bridgehead atoms. The second-order valence-electron chi connectivity index (χ2n) is 7.17. The Morgan fingerprint density at radius 1 is 1.05 bits per heavy atom. The Labute approximate surface area is 153 Å². The molecule has 0 aromatic carbocycles. The second-order valence-corrected chi connectivity index (χ2v) is 7.17. The van der Waals surface area contributed by atoms with Crippen LogP contribution in [0.3, 0.4) is 0 Å². The topological polar surface area (TPSA) is 30.9 Å². The summed E-state index contributed by atoms with van der Waals surface area (Å²) in [5.74, 6) is 2.97. The SMILES string of the molecule is CN=C(NCCC1CC1)N1CCC(CN2CCCCC2)C1.I. The lowest BCUT2D eigenvalue weighted by Gasteiger charge is -2.29. The minimum atomic E-state index is 0. The van der Waals surface area contributed by atoms with Crippen LogP contribution in [0.1, 0.15) is 44.9 Å². The van der Waals surface area contributed by atoms with Gasteiger partial charge in [0.25, 0.3) is 0 Å². The van der Waals surface area contributed by atoms with Crippen molar-refractivity contribution in [2.45, 2.75) is 44.9 Å². The van der Waals surface area contributed by atoms with E-state index in [1.807, 2.05) is 7.05 Å². The highest BCUT2D eigenvalue weighted by atomic mass is 127. The van der Waals surface area contributed by atoms with Crippen LogP contribution in [0.4, 0.5) is 0 Å². The Balaban J connectivity index is 0.00000176. The lowest BCUT2D eigenvalue weighted by atomic mass is 10.1. The fourth-order valence-electron chi connectivity index (χ4n) is 3.81. The molecule has 1 unspecified atom stereocenters. The Morgan fingerprint density at radius 2 is 1.82 bits per heavy atom. The summed E-state index contributed by atoms with van der Waals surface area (Å²) in [7, 11) is 1.93. The Morgan fingerprint density at radius 3 is 2.50 bits per heavy atom. The number of halogens is 1. The average molecular weight is 420 g/mol. The van der Waals surface area contributed by atoms with Crippen molar-refractivity contribution in [1.29, 1.82) is 0 Å². The lowest BCUT2D eigenvalue weighted by molar-refractivity contribution is 0.198. The van der Waals surface area contributed by atoms with E-state index in [9.17, 15) is 0 Å². The van der Waals surface area contributed by atoms with Crippen LogP contribution < -0.4 is 5.32 Å². The van der Waals surface area contributed by atoms with Gasteiger partial charge in [0.05, 0.1) is 0 Å². The Hall–Kier alpha value is -0.0400. The number of piperidine rings is 1. The van der Waals surface area contributed by atoms with Crippen LogP contribution in [0.5, 0.6) is 0 Å². The summed E-state index contributed by atoms with van der Waals surface area (Å²) in [5.41, 5.74) is 0. The van der Waals surface area contributed by atoms with Crippen LogP contribution in [0.25, 0.3) is 0 Å². The van der Waals surface area contributed by atoms with Gasteiger partial charge in [-0.15, -0.1) is 24.0 Å². The molecule has 0 aromatic rings. The first kappa shape index (κ1) is 18.3. The van der Waals surface area contributed by atoms with Gasteiger partial charge in [-0.25, -0.2) is 0 Å². The van der Waals surface area contributed by atoms with E-state index in [1.165, 1.54) is 77.7 Å².